The summed E-state index contributed by atoms with van der Waals surface area (Å²) in [5, 5.41) is 15.0. The number of benzene rings is 1. The quantitative estimate of drug-likeness (QED) is 0.708. The zero-order valence-corrected chi connectivity index (χ0v) is 12.0. The van der Waals surface area contributed by atoms with E-state index in [1.54, 1.807) is 0 Å². The van der Waals surface area contributed by atoms with E-state index >= 15 is 0 Å². The fourth-order valence-corrected chi connectivity index (χ4v) is 2.66. The van der Waals surface area contributed by atoms with Crippen LogP contribution in [0.2, 0.25) is 0 Å². The van der Waals surface area contributed by atoms with E-state index in [0.717, 1.165) is 18.4 Å². The van der Waals surface area contributed by atoms with Crippen molar-refractivity contribution >= 4 is 11.9 Å². The highest BCUT2D eigenvalue weighted by Crippen LogP contribution is 2.17. The normalized spacial score (nSPS) is 16.6. The molecule has 1 saturated carbocycles. The Hall–Kier alpha value is -1.88. The van der Waals surface area contributed by atoms with Gasteiger partial charge < -0.3 is 15.7 Å². The monoisotopic (exact) mass is 290 g/mol. The van der Waals surface area contributed by atoms with E-state index in [1.807, 2.05) is 30.3 Å². The van der Waals surface area contributed by atoms with E-state index in [0.29, 0.717) is 12.5 Å². The molecule has 0 spiro atoms. The minimum Gasteiger partial charge on any atom is -0.480 e. The van der Waals surface area contributed by atoms with Crippen LogP contribution < -0.4 is 10.6 Å². The number of carboxylic acids is 1. The first-order chi connectivity index (χ1) is 10.1. The van der Waals surface area contributed by atoms with Crippen LogP contribution in [0, 0.1) is 0 Å². The number of carbonyl (C=O) groups excluding carboxylic acids is 1. The Morgan fingerprint density at radius 1 is 1.19 bits per heavy atom. The van der Waals surface area contributed by atoms with Gasteiger partial charge in [0.25, 0.3) is 0 Å². The number of hydrogen-bond acceptors (Lipinski definition) is 3. The van der Waals surface area contributed by atoms with Gasteiger partial charge in [0.15, 0.2) is 0 Å². The molecule has 0 radical (unpaired) electrons. The molecular weight excluding hydrogens is 268 g/mol. The van der Waals surface area contributed by atoms with Crippen molar-refractivity contribution < 1.29 is 14.7 Å². The van der Waals surface area contributed by atoms with Crippen LogP contribution in [0.4, 0.5) is 0 Å². The van der Waals surface area contributed by atoms with E-state index in [-0.39, 0.29) is 12.5 Å². The molecule has 5 heteroatoms. The molecule has 1 aliphatic carbocycles. The van der Waals surface area contributed by atoms with Gasteiger partial charge in [0.05, 0.1) is 6.54 Å². The van der Waals surface area contributed by atoms with E-state index < -0.39 is 12.0 Å². The molecule has 0 heterocycles. The number of carbonyl (C=O) groups is 2. The molecule has 0 unspecified atom stereocenters. The lowest BCUT2D eigenvalue weighted by Gasteiger charge is -2.16. The Morgan fingerprint density at radius 3 is 2.48 bits per heavy atom. The Labute approximate surface area is 124 Å². The fraction of sp³-hybridized carbons (Fsp3) is 0.500. The molecule has 0 aliphatic heterocycles. The van der Waals surface area contributed by atoms with Crippen LogP contribution >= 0.6 is 0 Å². The molecule has 21 heavy (non-hydrogen) atoms. The summed E-state index contributed by atoms with van der Waals surface area (Å²) in [6.07, 6.45) is 4.89. The summed E-state index contributed by atoms with van der Waals surface area (Å²) in [5.74, 6) is -1.27. The molecule has 1 atom stereocenters. The van der Waals surface area contributed by atoms with Crippen molar-refractivity contribution in [3.8, 4) is 0 Å². The van der Waals surface area contributed by atoms with Gasteiger partial charge in [-0.2, -0.15) is 0 Å². The molecule has 1 aromatic carbocycles. The first-order valence-electron chi connectivity index (χ1n) is 7.44. The van der Waals surface area contributed by atoms with Crippen molar-refractivity contribution in [2.75, 3.05) is 6.54 Å². The summed E-state index contributed by atoms with van der Waals surface area (Å²) in [5.41, 5.74) is 0.897. The van der Waals surface area contributed by atoms with Gasteiger partial charge in [-0.15, -0.1) is 0 Å². The third kappa shape index (κ3) is 5.19. The smallest absolute Gasteiger partial charge is 0.326 e. The van der Waals surface area contributed by atoms with Crippen LogP contribution in [0.15, 0.2) is 30.3 Å². The van der Waals surface area contributed by atoms with Gasteiger partial charge in [0.1, 0.15) is 6.04 Å². The largest absolute Gasteiger partial charge is 0.480 e. The van der Waals surface area contributed by atoms with Gasteiger partial charge >= 0.3 is 5.97 Å². The maximum atomic E-state index is 11.9. The fourth-order valence-electron chi connectivity index (χ4n) is 2.66. The highest BCUT2D eigenvalue weighted by atomic mass is 16.4. The maximum Gasteiger partial charge on any atom is 0.326 e. The maximum absolute atomic E-state index is 11.9. The standard InChI is InChI=1S/C16H22N2O3/c19-15(11-17-13-8-4-5-9-13)18-14(16(20)21)10-12-6-2-1-3-7-12/h1-3,6-7,13-14,17H,4-5,8-11H2,(H,18,19)(H,20,21)/t14-/m0/s1. The lowest BCUT2D eigenvalue weighted by atomic mass is 10.1. The lowest BCUT2D eigenvalue weighted by molar-refractivity contribution is -0.141. The molecule has 1 aliphatic rings. The van der Waals surface area contributed by atoms with Crippen LogP contribution in [0.1, 0.15) is 31.2 Å². The van der Waals surface area contributed by atoms with Crippen molar-refractivity contribution in [3.05, 3.63) is 35.9 Å². The number of amides is 1. The Morgan fingerprint density at radius 2 is 1.86 bits per heavy atom. The summed E-state index contributed by atoms with van der Waals surface area (Å²) in [4.78, 5) is 23.1. The summed E-state index contributed by atoms with van der Waals surface area (Å²) >= 11 is 0. The second kappa shape index (κ2) is 7.78. The summed E-state index contributed by atoms with van der Waals surface area (Å²) in [6.45, 7) is 0.184. The van der Waals surface area contributed by atoms with Gasteiger partial charge in [-0.25, -0.2) is 4.79 Å². The second-order valence-electron chi connectivity index (χ2n) is 5.51. The van der Waals surface area contributed by atoms with Crippen LogP contribution in [0.5, 0.6) is 0 Å². The van der Waals surface area contributed by atoms with Crippen LogP contribution in [0.25, 0.3) is 0 Å². The third-order valence-corrected chi connectivity index (χ3v) is 3.82. The van der Waals surface area contributed by atoms with Crippen LogP contribution in [0.3, 0.4) is 0 Å². The number of carboxylic acid groups (broad SMARTS) is 1. The summed E-state index contributed by atoms with van der Waals surface area (Å²) in [7, 11) is 0. The molecule has 0 aromatic heterocycles. The lowest BCUT2D eigenvalue weighted by Crippen LogP contribution is -2.46. The zero-order valence-electron chi connectivity index (χ0n) is 12.0. The molecule has 0 saturated heterocycles. The van der Waals surface area contributed by atoms with E-state index in [2.05, 4.69) is 10.6 Å². The van der Waals surface area contributed by atoms with Crippen molar-refractivity contribution in [2.45, 2.75) is 44.2 Å². The van der Waals surface area contributed by atoms with Crippen LogP contribution in [-0.2, 0) is 16.0 Å². The molecule has 114 valence electrons. The predicted molar refractivity (Wildman–Crippen MR) is 80.0 cm³/mol. The number of nitrogens with one attached hydrogen (secondary N) is 2. The van der Waals surface area contributed by atoms with E-state index in [4.69, 9.17) is 0 Å². The minimum atomic E-state index is -1.01. The average Bonchev–Trinajstić information content (AvgIpc) is 2.99. The van der Waals surface area contributed by atoms with Gasteiger partial charge in [-0.05, 0) is 18.4 Å². The van der Waals surface area contributed by atoms with Crippen LogP contribution in [-0.4, -0.2) is 35.6 Å². The summed E-state index contributed by atoms with van der Waals surface area (Å²) < 4.78 is 0. The molecule has 2 rings (SSSR count). The molecular formula is C16H22N2O3. The number of aliphatic carboxylic acids is 1. The average molecular weight is 290 g/mol. The second-order valence-corrected chi connectivity index (χ2v) is 5.51. The highest BCUT2D eigenvalue weighted by Gasteiger charge is 2.21. The number of rotatable bonds is 7. The predicted octanol–water partition coefficient (Wildman–Crippen LogP) is 1.33. The molecule has 1 amide bonds. The summed E-state index contributed by atoms with van der Waals surface area (Å²) in [6, 6.07) is 8.83. The first kappa shape index (κ1) is 15.5. The van der Waals surface area contributed by atoms with Crippen molar-refractivity contribution in [2.24, 2.45) is 0 Å². The third-order valence-electron chi connectivity index (χ3n) is 3.82. The number of hydrogen-bond donors (Lipinski definition) is 3. The Balaban J connectivity index is 1.81. The molecule has 0 bridgehead atoms. The Bertz CT molecular complexity index is 470. The van der Waals surface area contributed by atoms with Gasteiger partial charge in [0, 0.05) is 12.5 Å². The SMILES string of the molecule is O=C(CNC1CCCC1)N[C@@H](Cc1ccccc1)C(=O)O. The first-order valence-corrected chi connectivity index (χ1v) is 7.44. The molecule has 1 aromatic rings. The van der Waals surface area contributed by atoms with Crippen molar-refractivity contribution in [1.29, 1.82) is 0 Å². The van der Waals surface area contributed by atoms with E-state index in [1.165, 1.54) is 12.8 Å². The molecule has 3 N–H and O–H groups in total. The van der Waals surface area contributed by atoms with Crippen molar-refractivity contribution in [3.63, 3.8) is 0 Å². The molecule has 1 fully saturated rings. The molecule has 5 nitrogen and oxygen atoms in total. The Kier molecular flexibility index (Phi) is 5.75. The van der Waals surface area contributed by atoms with Gasteiger partial charge in [-0.1, -0.05) is 43.2 Å². The van der Waals surface area contributed by atoms with E-state index in [9.17, 15) is 14.7 Å². The van der Waals surface area contributed by atoms with Gasteiger partial charge in [0.2, 0.25) is 5.91 Å². The van der Waals surface area contributed by atoms with Gasteiger partial charge in [-0.3, -0.25) is 4.79 Å². The topological polar surface area (TPSA) is 78.4 Å². The zero-order chi connectivity index (χ0) is 15.1. The highest BCUT2D eigenvalue weighted by molar-refractivity contribution is 5.84. The van der Waals surface area contributed by atoms with Crippen molar-refractivity contribution in [1.82, 2.24) is 10.6 Å². The minimum absolute atomic E-state index is 0.184.